The molecule has 20 heavy (non-hydrogen) atoms. The van der Waals surface area contributed by atoms with E-state index in [0.29, 0.717) is 6.42 Å². The van der Waals surface area contributed by atoms with Gasteiger partial charge in [-0.05, 0) is 37.8 Å². The van der Waals surface area contributed by atoms with Crippen molar-refractivity contribution in [3.8, 4) is 0 Å². The number of nitrogens with one attached hydrogen (secondary N) is 1. The quantitative estimate of drug-likeness (QED) is 0.908. The van der Waals surface area contributed by atoms with Crippen molar-refractivity contribution in [2.24, 2.45) is 0 Å². The minimum atomic E-state index is 0.242. The van der Waals surface area contributed by atoms with Crippen LogP contribution in [0.25, 0.3) is 10.9 Å². The van der Waals surface area contributed by atoms with E-state index in [2.05, 4.69) is 43.2 Å². The molecule has 0 saturated carbocycles. The number of amides is 1. The molecule has 0 unspecified atom stereocenters. The normalized spacial score (nSPS) is 15.8. The average molecular weight is 268 g/mol. The summed E-state index contributed by atoms with van der Waals surface area (Å²) in [4.78, 5) is 17.1. The molecule has 1 aromatic carbocycles. The summed E-state index contributed by atoms with van der Waals surface area (Å²) in [6.45, 7) is 4.97. The van der Waals surface area contributed by atoms with E-state index in [1.54, 1.807) is 0 Å². The molecular weight excluding hydrogens is 248 g/mol. The Morgan fingerprint density at radius 3 is 2.95 bits per heavy atom. The molecule has 1 amide bonds. The molecule has 1 aliphatic heterocycles. The molecular formula is C17H20N2O. The Bertz CT molecular complexity index is 681. The second kappa shape index (κ2) is 5.16. The number of para-hydroxylation sites is 1. The van der Waals surface area contributed by atoms with Crippen LogP contribution < -0.4 is 0 Å². The van der Waals surface area contributed by atoms with E-state index in [-0.39, 0.29) is 5.91 Å². The molecule has 0 aliphatic carbocycles. The van der Waals surface area contributed by atoms with Crippen molar-refractivity contribution in [3.63, 3.8) is 0 Å². The first kappa shape index (κ1) is 13.0. The lowest BCUT2D eigenvalue weighted by Crippen LogP contribution is -2.30. The highest BCUT2D eigenvalue weighted by atomic mass is 16.2. The molecule has 1 aromatic heterocycles. The van der Waals surface area contributed by atoms with Crippen LogP contribution in [-0.2, 0) is 11.2 Å². The van der Waals surface area contributed by atoms with Crippen LogP contribution in [0.1, 0.15) is 30.9 Å². The maximum atomic E-state index is 11.9. The molecule has 0 radical (unpaired) electrons. The van der Waals surface area contributed by atoms with E-state index in [9.17, 15) is 4.79 Å². The topological polar surface area (TPSA) is 36.1 Å². The number of allylic oxidation sites excluding steroid dienone is 1. The van der Waals surface area contributed by atoms with Crippen LogP contribution in [0.5, 0.6) is 0 Å². The third kappa shape index (κ3) is 2.36. The standard InChI is InChI=1S/C17H20N2O/c1-12-6-7-16(20)19(11-12)9-8-14-10-18-17-13(2)4-3-5-15(14)17/h3-5,10-11,18H,6-9H2,1-2H3. The highest BCUT2D eigenvalue weighted by molar-refractivity contribution is 5.86. The van der Waals surface area contributed by atoms with Crippen LogP contribution in [-0.4, -0.2) is 22.3 Å². The lowest BCUT2D eigenvalue weighted by Gasteiger charge is -2.23. The van der Waals surface area contributed by atoms with Crippen molar-refractivity contribution < 1.29 is 4.79 Å². The van der Waals surface area contributed by atoms with Crippen LogP contribution in [0.2, 0.25) is 0 Å². The molecule has 3 rings (SSSR count). The average Bonchev–Trinajstić information content (AvgIpc) is 2.85. The summed E-state index contributed by atoms with van der Waals surface area (Å²) in [5.41, 5.74) is 5.05. The molecule has 0 spiro atoms. The molecule has 1 N–H and O–H groups in total. The summed E-state index contributed by atoms with van der Waals surface area (Å²) < 4.78 is 0. The lowest BCUT2D eigenvalue weighted by molar-refractivity contribution is -0.129. The number of aromatic nitrogens is 1. The van der Waals surface area contributed by atoms with E-state index >= 15 is 0 Å². The van der Waals surface area contributed by atoms with Crippen molar-refractivity contribution in [2.45, 2.75) is 33.1 Å². The Hall–Kier alpha value is -2.03. The molecule has 0 saturated heterocycles. The molecule has 2 heterocycles. The van der Waals surface area contributed by atoms with Gasteiger partial charge < -0.3 is 9.88 Å². The van der Waals surface area contributed by atoms with Gasteiger partial charge in [0.05, 0.1) is 0 Å². The number of nitrogens with zero attached hydrogens (tertiary/aromatic N) is 1. The molecule has 0 fully saturated rings. The molecule has 1 aliphatic rings. The SMILES string of the molecule is CC1=CN(CCc2c[nH]c3c(C)cccc23)C(=O)CC1. The van der Waals surface area contributed by atoms with Gasteiger partial charge in [-0.1, -0.05) is 23.8 Å². The fourth-order valence-electron chi connectivity index (χ4n) is 2.85. The van der Waals surface area contributed by atoms with Gasteiger partial charge in [-0.3, -0.25) is 4.79 Å². The summed E-state index contributed by atoms with van der Waals surface area (Å²) in [7, 11) is 0. The zero-order chi connectivity index (χ0) is 14.1. The molecule has 2 aromatic rings. The fraction of sp³-hybridized carbons (Fsp3) is 0.353. The van der Waals surface area contributed by atoms with Crippen LogP contribution in [0.4, 0.5) is 0 Å². The highest BCUT2D eigenvalue weighted by Crippen LogP contribution is 2.22. The maximum absolute atomic E-state index is 11.9. The van der Waals surface area contributed by atoms with Crippen molar-refractivity contribution in [3.05, 3.63) is 47.3 Å². The van der Waals surface area contributed by atoms with Crippen LogP contribution in [0.15, 0.2) is 36.2 Å². The van der Waals surface area contributed by atoms with Gasteiger partial charge in [0, 0.05) is 36.3 Å². The third-order valence-corrected chi connectivity index (χ3v) is 4.06. The number of hydrogen-bond donors (Lipinski definition) is 1. The van der Waals surface area contributed by atoms with E-state index in [0.717, 1.165) is 19.4 Å². The Morgan fingerprint density at radius 2 is 2.10 bits per heavy atom. The predicted octanol–water partition coefficient (Wildman–Crippen LogP) is 3.55. The maximum Gasteiger partial charge on any atom is 0.226 e. The van der Waals surface area contributed by atoms with E-state index in [1.807, 2.05) is 11.1 Å². The van der Waals surface area contributed by atoms with Crippen LogP contribution in [0.3, 0.4) is 0 Å². The molecule has 3 nitrogen and oxygen atoms in total. The predicted molar refractivity (Wildman–Crippen MR) is 81.4 cm³/mol. The second-order valence-corrected chi connectivity index (χ2v) is 5.62. The van der Waals surface area contributed by atoms with Gasteiger partial charge in [-0.15, -0.1) is 0 Å². The number of carbonyl (C=O) groups excluding carboxylic acids is 1. The number of aromatic amines is 1. The van der Waals surface area contributed by atoms with E-state index in [1.165, 1.54) is 27.6 Å². The minimum Gasteiger partial charge on any atom is -0.361 e. The van der Waals surface area contributed by atoms with Gasteiger partial charge in [0.25, 0.3) is 0 Å². The number of H-pyrrole nitrogens is 1. The Kier molecular flexibility index (Phi) is 3.35. The molecule has 0 bridgehead atoms. The summed E-state index contributed by atoms with van der Waals surface area (Å²) >= 11 is 0. The highest BCUT2D eigenvalue weighted by Gasteiger charge is 2.17. The van der Waals surface area contributed by atoms with Gasteiger partial charge >= 0.3 is 0 Å². The minimum absolute atomic E-state index is 0.242. The Balaban J connectivity index is 1.79. The number of fused-ring (bicyclic) bond motifs is 1. The van der Waals surface area contributed by atoms with Gasteiger partial charge in [-0.25, -0.2) is 0 Å². The van der Waals surface area contributed by atoms with Gasteiger partial charge in [0.2, 0.25) is 5.91 Å². The number of hydrogen-bond acceptors (Lipinski definition) is 1. The first-order valence-electron chi connectivity index (χ1n) is 7.17. The monoisotopic (exact) mass is 268 g/mol. The Morgan fingerprint density at radius 1 is 1.25 bits per heavy atom. The lowest BCUT2D eigenvalue weighted by atomic mass is 10.1. The van der Waals surface area contributed by atoms with Gasteiger partial charge in [0.15, 0.2) is 0 Å². The molecule has 104 valence electrons. The summed E-state index contributed by atoms with van der Waals surface area (Å²) in [6, 6.07) is 6.35. The van der Waals surface area contributed by atoms with Crippen molar-refractivity contribution >= 4 is 16.8 Å². The first-order chi connectivity index (χ1) is 9.65. The largest absolute Gasteiger partial charge is 0.361 e. The molecule has 3 heteroatoms. The van der Waals surface area contributed by atoms with Gasteiger partial charge in [0.1, 0.15) is 0 Å². The van der Waals surface area contributed by atoms with Crippen LogP contribution in [0, 0.1) is 6.92 Å². The van der Waals surface area contributed by atoms with Gasteiger partial charge in [-0.2, -0.15) is 0 Å². The fourth-order valence-corrected chi connectivity index (χ4v) is 2.85. The number of aryl methyl sites for hydroxylation is 1. The van der Waals surface area contributed by atoms with Crippen LogP contribution >= 0.6 is 0 Å². The Labute approximate surface area is 119 Å². The number of benzene rings is 1. The third-order valence-electron chi connectivity index (χ3n) is 4.06. The summed E-state index contributed by atoms with van der Waals surface area (Å²) in [6.07, 6.45) is 6.52. The second-order valence-electron chi connectivity index (χ2n) is 5.62. The van der Waals surface area contributed by atoms with E-state index < -0.39 is 0 Å². The zero-order valence-electron chi connectivity index (χ0n) is 12.1. The molecule has 0 atom stereocenters. The number of rotatable bonds is 3. The van der Waals surface area contributed by atoms with Crippen molar-refractivity contribution in [1.29, 1.82) is 0 Å². The number of carbonyl (C=O) groups is 1. The van der Waals surface area contributed by atoms with Crippen molar-refractivity contribution in [2.75, 3.05) is 6.54 Å². The van der Waals surface area contributed by atoms with E-state index in [4.69, 9.17) is 0 Å². The summed E-state index contributed by atoms with van der Waals surface area (Å²) in [5, 5.41) is 1.27. The van der Waals surface area contributed by atoms with Crippen molar-refractivity contribution in [1.82, 2.24) is 9.88 Å². The smallest absolute Gasteiger partial charge is 0.226 e. The summed E-state index contributed by atoms with van der Waals surface area (Å²) in [5.74, 6) is 0.242. The first-order valence-corrected chi connectivity index (χ1v) is 7.17. The zero-order valence-corrected chi connectivity index (χ0v) is 12.1.